The van der Waals surface area contributed by atoms with Crippen LogP contribution in [-0.2, 0) is 6.18 Å². The summed E-state index contributed by atoms with van der Waals surface area (Å²) in [5.74, 6) is -0.409. The van der Waals surface area contributed by atoms with Gasteiger partial charge in [0.05, 0.1) is 5.52 Å². The van der Waals surface area contributed by atoms with E-state index in [1.807, 2.05) is 0 Å². The summed E-state index contributed by atoms with van der Waals surface area (Å²) in [7, 11) is 0. The second kappa shape index (κ2) is 3.12. The Bertz CT molecular complexity index is 507. The van der Waals surface area contributed by atoms with Crippen molar-refractivity contribution in [3.8, 4) is 5.75 Å². The van der Waals surface area contributed by atoms with Crippen LogP contribution in [0.3, 0.4) is 0 Å². The highest BCUT2D eigenvalue weighted by molar-refractivity contribution is 5.84. The molecule has 2 nitrogen and oxygen atoms in total. The van der Waals surface area contributed by atoms with E-state index in [9.17, 15) is 18.3 Å². The number of alkyl halides is 3. The van der Waals surface area contributed by atoms with Gasteiger partial charge in [-0.15, -0.1) is 0 Å². The normalized spacial score (nSPS) is 11.9. The van der Waals surface area contributed by atoms with Gasteiger partial charge in [-0.25, -0.2) is 4.98 Å². The van der Waals surface area contributed by atoms with Gasteiger partial charge in [0, 0.05) is 11.5 Å². The third-order valence-corrected chi connectivity index (χ3v) is 1.98. The Kier molecular flexibility index (Phi) is 2.03. The van der Waals surface area contributed by atoms with Crippen molar-refractivity contribution in [3.63, 3.8) is 0 Å². The summed E-state index contributed by atoms with van der Waals surface area (Å²) >= 11 is 0. The van der Waals surface area contributed by atoms with Crippen molar-refractivity contribution in [2.75, 3.05) is 0 Å². The van der Waals surface area contributed by atoms with Crippen molar-refractivity contribution >= 4 is 10.9 Å². The number of halogens is 3. The van der Waals surface area contributed by atoms with E-state index in [1.165, 1.54) is 12.1 Å². The third-order valence-electron chi connectivity index (χ3n) is 1.98. The van der Waals surface area contributed by atoms with E-state index >= 15 is 0 Å². The summed E-state index contributed by atoms with van der Waals surface area (Å²) in [6.45, 7) is 0. The van der Waals surface area contributed by atoms with Gasteiger partial charge < -0.3 is 5.11 Å². The molecule has 15 heavy (non-hydrogen) atoms. The molecule has 1 heterocycles. The smallest absolute Gasteiger partial charge is 0.433 e. The Labute approximate surface area is 83.0 Å². The van der Waals surface area contributed by atoms with Crippen LogP contribution in [0.5, 0.6) is 5.75 Å². The minimum atomic E-state index is -4.54. The molecule has 0 aliphatic carbocycles. The van der Waals surface area contributed by atoms with Crippen molar-refractivity contribution in [2.45, 2.75) is 6.18 Å². The maximum atomic E-state index is 12.3. The maximum absolute atomic E-state index is 12.3. The van der Waals surface area contributed by atoms with Gasteiger partial charge in [0.2, 0.25) is 0 Å². The average Bonchev–Trinajstić information content (AvgIpc) is 2.16. The second-order valence-electron chi connectivity index (χ2n) is 3.04. The molecular weight excluding hydrogens is 207 g/mol. The molecule has 0 saturated carbocycles. The van der Waals surface area contributed by atoms with Crippen LogP contribution in [0.1, 0.15) is 5.69 Å². The second-order valence-corrected chi connectivity index (χ2v) is 3.04. The molecule has 5 heteroatoms. The molecule has 1 aromatic carbocycles. The van der Waals surface area contributed by atoms with Gasteiger partial charge in [0.1, 0.15) is 11.4 Å². The molecule has 2 aromatic rings. The van der Waals surface area contributed by atoms with Crippen LogP contribution >= 0.6 is 0 Å². The quantitative estimate of drug-likeness (QED) is 0.729. The highest BCUT2D eigenvalue weighted by Gasteiger charge is 2.33. The predicted molar refractivity (Wildman–Crippen MR) is 48.4 cm³/mol. The molecule has 0 radical (unpaired) electrons. The number of aromatic hydroxyl groups is 1. The Balaban J connectivity index is 2.73. The number of pyridine rings is 1. The minimum Gasteiger partial charge on any atom is -0.507 e. The average molecular weight is 213 g/mol. The highest BCUT2D eigenvalue weighted by atomic mass is 19.4. The monoisotopic (exact) mass is 213 g/mol. The Hall–Kier alpha value is -1.78. The van der Waals surface area contributed by atoms with Crippen LogP contribution in [0.2, 0.25) is 0 Å². The largest absolute Gasteiger partial charge is 0.507 e. The first kappa shape index (κ1) is 9.76. The topological polar surface area (TPSA) is 33.1 Å². The number of para-hydroxylation sites is 1. The molecule has 2 rings (SSSR count). The van der Waals surface area contributed by atoms with Gasteiger partial charge in [-0.05, 0) is 12.1 Å². The number of hydrogen-bond acceptors (Lipinski definition) is 2. The van der Waals surface area contributed by atoms with Crippen molar-refractivity contribution in [1.29, 1.82) is 0 Å². The van der Waals surface area contributed by atoms with Crippen molar-refractivity contribution in [2.24, 2.45) is 0 Å². The van der Waals surface area contributed by atoms with Crippen molar-refractivity contribution in [1.82, 2.24) is 4.98 Å². The van der Waals surface area contributed by atoms with Gasteiger partial charge in [-0.2, -0.15) is 13.2 Å². The van der Waals surface area contributed by atoms with Gasteiger partial charge >= 0.3 is 6.18 Å². The summed E-state index contributed by atoms with van der Waals surface area (Å²) in [5, 5.41) is 9.69. The van der Waals surface area contributed by atoms with Crippen LogP contribution in [0, 0.1) is 0 Å². The Morgan fingerprint density at radius 3 is 2.47 bits per heavy atom. The Morgan fingerprint density at radius 1 is 1.13 bits per heavy atom. The van der Waals surface area contributed by atoms with E-state index in [1.54, 1.807) is 12.1 Å². The van der Waals surface area contributed by atoms with Gasteiger partial charge in [0.15, 0.2) is 0 Å². The molecule has 0 aliphatic heterocycles. The number of fused-ring (bicyclic) bond motifs is 1. The van der Waals surface area contributed by atoms with E-state index < -0.39 is 17.6 Å². The standard InChI is InChI=1S/C10H6F3NO/c11-10(12,13)9-5-8(15)6-3-1-2-4-7(6)14-9/h1-5H,(H,14,15). The van der Waals surface area contributed by atoms with Gasteiger partial charge in [-0.3, -0.25) is 0 Å². The number of hydrogen-bond donors (Lipinski definition) is 1. The molecule has 1 N–H and O–H groups in total. The lowest BCUT2D eigenvalue weighted by atomic mass is 10.2. The van der Waals surface area contributed by atoms with E-state index in [0.717, 1.165) is 0 Å². The molecule has 0 atom stereocenters. The molecule has 0 saturated heterocycles. The molecule has 0 fully saturated rings. The van der Waals surface area contributed by atoms with Crippen LogP contribution in [0.4, 0.5) is 13.2 Å². The first-order valence-electron chi connectivity index (χ1n) is 4.14. The molecule has 78 valence electrons. The molecule has 0 amide bonds. The van der Waals surface area contributed by atoms with Crippen LogP contribution in [0.25, 0.3) is 10.9 Å². The summed E-state index contributed by atoms with van der Waals surface area (Å²) in [5.41, 5.74) is -0.955. The lowest BCUT2D eigenvalue weighted by Gasteiger charge is -2.07. The molecule has 0 unspecified atom stereocenters. The van der Waals surface area contributed by atoms with E-state index in [2.05, 4.69) is 4.98 Å². The molecule has 0 spiro atoms. The van der Waals surface area contributed by atoms with Crippen LogP contribution in [0.15, 0.2) is 30.3 Å². The molecule has 1 aromatic heterocycles. The summed E-state index contributed by atoms with van der Waals surface area (Å²) in [6, 6.07) is 6.75. The fraction of sp³-hybridized carbons (Fsp3) is 0.100. The predicted octanol–water partition coefficient (Wildman–Crippen LogP) is 2.96. The number of aromatic nitrogens is 1. The third kappa shape index (κ3) is 1.72. The Morgan fingerprint density at radius 2 is 1.80 bits per heavy atom. The summed E-state index contributed by atoms with van der Waals surface area (Å²) in [4.78, 5) is 3.42. The lowest BCUT2D eigenvalue weighted by Crippen LogP contribution is -2.07. The zero-order valence-electron chi connectivity index (χ0n) is 7.42. The van der Waals surface area contributed by atoms with E-state index in [-0.39, 0.29) is 5.52 Å². The fourth-order valence-electron chi connectivity index (χ4n) is 1.30. The van der Waals surface area contributed by atoms with Gasteiger partial charge in [-0.1, -0.05) is 12.1 Å². The highest BCUT2D eigenvalue weighted by Crippen LogP contribution is 2.33. The lowest BCUT2D eigenvalue weighted by molar-refractivity contribution is -0.141. The zero-order valence-corrected chi connectivity index (χ0v) is 7.42. The maximum Gasteiger partial charge on any atom is 0.433 e. The first-order chi connectivity index (χ1) is 6.98. The molecule has 0 bridgehead atoms. The van der Waals surface area contributed by atoms with Crippen LogP contribution in [-0.4, -0.2) is 10.1 Å². The fourth-order valence-corrected chi connectivity index (χ4v) is 1.30. The number of rotatable bonds is 0. The summed E-state index contributed by atoms with van der Waals surface area (Å²) < 4.78 is 37.0. The minimum absolute atomic E-state index is 0.129. The number of benzene rings is 1. The van der Waals surface area contributed by atoms with E-state index in [0.29, 0.717) is 11.5 Å². The van der Waals surface area contributed by atoms with Crippen LogP contribution < -0.4 is 0 Å². The number of nitrogens with zero attached hydrogens (tertiary/aromatic N) is 1. The first-order valence-corrected chi connectivity index (χ1v) is 4.14. The molecular formula is C10H6F3NO. The van der Waals surface area contributed by atoms with E-state index in [4.69, 9.17) is 0 Å². The zero-order chi connectivity index (χ0) is 11.1. The molecule has 0 aliphatic rings. The van der Waals surface area contributed by atoms with Gasteiger partial charge in [0.25, 0.3) is 0 Å². The van der Waals surface area contributed by atoms with Crippen molar-refractivity contribution in [3.05, 3.63) is 36.0 Å². The SMILES string of the molecule is Oc1cc(C(F)(F)F)nc2ccccc12. The van der Waals surface area contributed by atoms with Crippen molar-refractivity contribution < 1.29 is 18.3 Å². The summed E-state index contributed by atoms with van der Waals surface area (Å²) in [6.07, 6.45) is -4.54.